The second-order valence-corrected chi connectivity index (χ2v) is 5.68. The van der Waals surface area contributed by atoms with Crippen LogP contribution in [0.25, 0.3) is 0 Å². The number of methoxy groups -OCH3 is 1. The van der Waals surface area contributed by atoms with Crippen LogP contribution in [-0.4, -0.2) is 36.4 Å². The normalized spacial score (nSPS) is 30.2. The molecule has 1 saturated carbocycles. The molecule has 0 aromatic rings. The molecule has 17 heavy (non-hydrogen) atoms. The van der Waals surface area contributed by atoms with Crippen molar-refractivity contribution in [1.82, 2.24) is 5.32 Å². The summed E-state index contributed by atoms with van der Waals surface area (Å²) in [6.45, 7) is 8.13. The molecule has 0 aromatic carbocycles. The van der Waals surface area contributed by atoms with Gasteiger partial charge < -0.3 is 15.2 Å². The van der Waals surface area contributed by atoms with Crippen molar-refractivity contribution in [3.63, 3.8) is 0 Å². The Bertz CT molecular complexity index is 278. The third-order valence-electron chi connectivity index (χ3n) is 4.26. The van der Waals surface area contributed by atoms with Crippen LogP contribution in [-0.2, 0) is 9.53 Å². The molecule has 0 saturated heterocycles. The number of esters is 1. The van der Waals surface area contributed by atoms with Crippen LogP contribution in [0.4, 0.5) is 0 Å². The van der Waals surface area contributed by atoms with E-state index in [0.29, 0.717) is 6.42 Å². The Labute approximate surface area is 104 Å². The van der Waals surface area contributed by atoms with Crippen molar-refractivity contribution in [2.45, 2.75) is 58.7 Å². The summed E-state index contributed by atoms with van der Waals surface area (Å²) < 4.78 is 4.84. The highest BCUT2D eigenvalue weighted by Crippen LogP contribution is 2.41. The maximum absolute atomic E-state index is 11.7. The summed E-state index contributed by atoms with van der Waals surface area (Å²) in [5.41, 5.74) is -0.167. The Balaban J connectivity index is 2.65. The first-order valence-corrected chi connectivity index (χ1v) is 6.36. The minimum absolute atomic E-state index is 0.167. The standard InChI is InChI=1S/C13H25NO3/c1-6-8(2)11(12(16)17-5)14-9-7-10(15)13(9,3)4/h8-11,14-15H,6-7H2,1-5H3. The van der Waals surface area contributed by atoms with E-state index in [0.717, 1.165) is 6.42 Å². The fourth-order valence-electron chi connectivity index (χ4n) is 2.23. The zero-order valence-corrected chi connectivity index (χ0v) is 11.5. The summed E-state index contributed by atoms with van der Waals surface area (Å²) in [4.78, 5) is 11.7. The van der Waals surface area contributed by atoms with Gasteiger partial charge in [0.05, 0.1) is 13.2 Å². The van der Waals surface area contributed by atoms with Crippen molar-refractivity contribution in [2.75, 3.05) is 7.11 Å². The Morgan fingerprint density at radius 1 is 1.59 bits per heavy atom. The van der Waals surface area contributed by atoms with E-state index in [2.05, 4.69) is 12.2 Å². The van der Waals surface area contributed by atoms with Crippen LogP contribution >= 0.6 is 0 Å². The van der Waals surface area contributed by atoms with E-state index < -0.39 is 0 Å². The first-order chi connectivity index (χ1) is 7.84. The van der Waals surface area contributed by atoms with Crippen LogP contribution in [0.2, 0.25) is 0 Å². The number of aliphatic hydroxyl groups is 1. The molecule has 0 spiro atoms. The van der Waals surface area contributed by atoms with E-state index in [1.165, 1.54) is 7.11 Å². The lowest BCUT2D eigenvalue weighted by Gasteiger charge is -2.51. The van der Waals surface area contributed by atoms with Gasteiger partial charge in [0.1, 0.15) is 6.04 Å². The molecule has 4 unspecified atom stereocenters. The molecule has 4 heteroatoms. The summed E-state index contributed by atoms with van der Waals surface area (Å²) >= 11 is 0. The highest BCUT2D eigenvalue weighted by atomic mass is 16.5. The van der Waals surface area contributed by atoms with E-state index in [4.69, 9.17) is 4.74 Å². The third kappa shape index (κ3) is 2.80. The highest BCUT2D eigenvalue weighted by Gasteiger charge is 2.48. The minimum Gasteiger partial charge on any atom is -0.468 e. The lowest BCUT2D eigenvalue weighted by molar-refractivity contribution is -0.147. The first-order valence-electron chi connectivity index (χ1n) is 6.36. The number of carbonyl (C=O) groups excluding carboxylic acids is 1. The minimum atomic E-state index is -0.282. The summed E-state index contributed by atoms with van der Waals surface area (Å²) in [7, 11) is 1.42. The molecule has 100 valence electrons. The molecular formula is C13H25NO3. The predicted molar refractivity (Wildman–Crippen MR) is 66.6 cm³/mol. The number of hydrogen-bond donors (Lipinski definition) is 2. The molecule has 4 nitrogen and oxygen atoms in total. The molecule has 4 atom stereocenters. The molecule has 0 amide bonds. The van der Waals surface area contributed by atoms with E-state index in [-0.39, 0.29) is 35.5 Å². The molecular weight excluding hydrogens is 218 g/mol. The third-order valence-corrected chi connectivity index (χ3v) is 4.26. The zero-order chi connectivity index (χ0) is 13.2. The maximum Gasteiger partial charge on any atom is 0.323 e. The fourth-order valence-corrected chi connectivity index (χ4v) is 2.23. The molecule has 1 aliphatic rings. The van der Waals surface area contributed by atoms with Crippen LogP contribution < -0.4 is 5.32 Å². The van der Waals surface area contributed by atoms with Gasteiger partial charge in [-0.15, -0.1) is 0 Å². The average molecular weight is 243 g/mol. The van der Waals surface area contributed by atoms with Gasteiger partial charge in [-0.1, -0.05) is 34.1 Å². The Morgan fingerprint density at radius 2 is 2.18 bits per heavy atom. The molecule has 0 aromatic heterocycles. The van der Waals surface area contributed by atoms with E-state index in [1.54, 1.807) is 0 Å². The van der Waals surface area contributed by atoms with Crippen LogP contribution in [0.5, 0.6) is 0 Å². The lowest BCUT2D eigenvalue weighted by atomic mass is 9.64. The second kappa shape index (κ2) is 5.36. The SMILES string of the molecule is CCC(C)C(NC1CC(O)C1(C)C)C(=O)OC. The Kier molecular flexibility index (Phi) is 4.55. The summed E-state index contributed by atoms with van der Waals surface area (Å²) in [6.07, 6.45) is 1.34. The van der Waals surface area contributed by atoms with Gasteiger partial charge in [-0.2, -0.15) is 0 Å². The van der Waals surface area contributed by atoms with E-state index >= 15 is 0 Å². The van der Waals surface area contributed by atoms with Gasteiger partial charge in [0.15, 0.2) is 0 Å². The molecule has 0 aliphatic heterocycles. The molecule has 1 rings (SSSR count). The van der Waals surface area contributed by atoms with Crippen LogP contribution in [0.15, 0.2) is 0 Å². The van der Waals surface area contributed by atoms with Crippen molar-refractivity contribution >= 4 is 5.97 Å². The van der Waals surface area contributed by atoms with Gasteiger partial charge in [0.2, 0.25) is 0 Å². The van der Waals surface area contributed by atoms with E-state index in [9.17, 15) is 9.90 Å². The van der Waals surface area contributed by atoms with Gasteiger partial charge in [-0.05, 0) is 12.3 Å². The fraction of sp³-hybridized carbons (Fsp3) is 0.923. The zero-order valence-electron chi connectivity index (χ0n) is 11.5. The molecule has 0 bridgehead atoms. The van der Waals surface area contributed by atoms with Gasteiger partial charge in [-0.3, -0.25) is 4.79 Å². The second-order valence-electron chi connectivity index (χ2n) is 5.68. The quantitative estimate of drug-likeness (QED) is 0.715. The highest BCUT2D eigenvalue weighted by molar-refractivity contribution is 5.76. The smallest absolute Gasteiger partial charge is 0.323 e. The first kappa shape index (κ1) is 14.5. The van der Waals surface area contributed by atoms with Crippen LogP contribution in [0, 0.1) is 11.3 Å². The van der Waals surface area contributed by atoms with Gasteiger partial charge in [0.25, 0.3) is 0 Å². The summed E-state index contributed by atoms with van der Waals surface area (Å²) in [6, 6.07) is -0.0997. The monoisotopic (exact) mass is 243 g/mol. The number of carbonyl (C=O) groups is 1. The van der Waals surface area contributed by atoms with Crippen LogP contribution in [0.3, 0.4) is 0 Å². The number of nitrogens with one attached hydrogen (secondary N) is 1. The Morgan fingerprint density at radius 3 is 2.53 bits per heavy atom. The molecule has 0 heterocycles. The molecule has 0 radical (unpaired) electrons. The largest absolute Gasteiger partial charge is 0.468 e. The predicted octanol–water partition coefficient (Wildman–Crippen LogP) is 1.32. The maximum atomic E-state index is 11.7. The molecule has 2 N–H and O–H groups in total. The van der Waals surface area contributed by atoms with Gasteiger partial charge in [0, 0.05) is 11.5 Å². The molecule has 1 aliphatic carbocycles. The summed E-state index contributed by atoms with van der Waals surface area (Å²) in [5, 5.41) is 13.0. The topological polar surface area (TPSA) is 58.6 Å². The Hall–Kier alpha value is -0.610. The lowest BCUT2D eigenvalue weighted by Crippen LogP contribution is -2.64. The van der Waals surface area contributed by atoms with Crippen molar-refractivity contribution in [3.05, 3.63) is 0 Å². The van der Waals surface area contributed by atoms with Crippen molar-refractivity contribution in [1.29, 1.82) is 0 Å². The number of rotatable bonds is 5. The van der Waals surface area contributed by atoms with Crippen molar-refractivity contribution < 1.29 is 14.6 Å². The number of aliphatic hydroxyl groups excluding tert-OH is 1. The summed E-state index contributed by atoms with van der Waals surface area (Å²) in [5.74, 6) is 0.0209. The van der Waals surface area contributed by atoms with E-state index in [1.807, 2.05) is 20.8 Å². The van der Waals surface area contributed by atoms with Gasteiger partial charge >= 0.3 is 5.97 Å². The average Bonchev–Trinajstić information content (AvgIpc) is 2.32. The number of ether oxygens (including phenoxy) is 1. The van der Waals surface area contributed by atoms with Gasteiger partial charge in [-0.25, -0.2) is 0 Å². The van der Waals surface area contributed by atoms with Crippen molar-refractivity contribution in [2.24, 2.45) is 11.3 Å². The van der Waals surface area contributed by atoms with Crippen LogP contribution in [0.1, 0.15) is 40.5 Å². The van der Waals surface area contributed by atoms with Crippen molar-refractivity contribution in [3.8, 4) is 0 Å². The molecule has 1 fully saturated rings. The number of hydrogen-bond acceptors (Lipinski definition) is 4.